The third kappa shape index (κ3) is 4.94. The van der Waals surface area contributed by atoms with Gasteiger partial charge in [-0.05, 0) is 13.8 Å². The zero-order valence-electron chi connectivity index (χ0n) is 11.2. The molecular weight excluding hydrogens is 274 g/mol. The molecule has 0 spiro atoms. The summed E-state index contributed by atoms with van der Waals surface area (Å²) in [7, 11) is -3.42. The average Bonchev–Trinajstić information content (AvgIpc) is 2.37. The first kappa shape index (κ1) is 16.2. The summed E-state index contributed by atoms with van der Waals surface area (Å²) in [5.74, 6) is -0.216. The Morgan fingerprint density at radius 1 is 1.63 bits per heavy atom. The summed E-state index contributed by atoms with van der Waals surface area (Å²) >= 11 is 0. The van der Waals surface area contributed by atoms with Crippen LogP contribution in [0.25, 0.3) is 0 Å². The van der Waals surface area contributed by atoms with E-state index in [9.17, 15) is 8.42 Å². The van der Waals surface area contributed by atoms with Crippen LogP contribution in [0.5, 0.6) is 0 Å². The number of morpholine rings is 1. The molecule has 1 atom stereocenters. The van der Waals surface area contributed by atoms with Crippen molar-refractivity contribution in [2.24, 2.45) is 10.9 Å². The second-order valence-corrected chi connectivity index (χ2v) is 6.57. The highest BCUT2D eigenvalue weighted by Gasteiger charge is 2.31. The van der Waals surface area contributed by atoms with E-state index in [2.05, 4.69) is 5.16 Å². The van der Waals surface area contributed by atoms with Crippen molar-refractivity contribution >= 4 is 15.9 Å². The lowest BCUT2D eigenvalue weighted by Crippen LogP contribution is -2.51. The molecule has 112 valence electrons. The molecule has 0 aromatic carbocycles. The number of nitrogens with zero attached hydrogens (tertiary/aromatic N) is 2. The Hall–Kier alpha value is -0.900. The number of nitrogens with two attached hydrogens (primary N) is 1. The average molecular weight is 295 g/mol. The van der Waals surface area contributed by atoms with Crippen molar-refractivity contribution < 1.29 is 23.1 Å². The molecule has 1 unspecified atom stereocenters. The first-order chi connectivity index (χ1) is 8.86. The van der Waals surface area contributed by atoms with E-state index < -0.39 is 16.1 Å². The molecule has 0 radical (unpaired) electrons. The second-order valence-electron chi connectivity index (χ2n) is 4.48. The Kier molecular flexibility index (Phi) is 5.98. The molecule has 0 aromatic rings. The fourth-order valence-electron chi connectivity index (χ4n) is 1.64. The fourth-order valence-corrected chi connectivity index (χ4v) is 2.92. The number of oxime groups is 1. The second kappa shape index (κ2) is 7.04. The van der Waals surface area contributed by atoms with Gasteiger partial charge in [0.1, 0.15) is 6.10 Å². The smallest absolute Gasteiger partial charge is 0.216 e. The molecule has 1 rings (SSSR count). The molecule has 1 fully saturated rings. The summed E-state index contributed by atoms with van der Waals surface area (Å²) in [4.78, 5) is 0. The molecule has 0 saturated carbocycles. The minimum atomic E-state index is -3.42. The fraction of sp³-hybridized carbons (Fsp3) is 0.900. The summed E-state index contributed by atoms with van der Waals surface area (Å²) < 4.78 is 35.9. The van der Waals surface area contributed by atoms with E-state index in [-0.39, 0.29) is 44.0 Å². The Bertz CT molecular complexity index is 409. The lowest BCUT2D eigenvalue weighted by Gasteiger charge is -2.31. The van der Waals surface area contributed by atoms with Gasteiger partial charge in [-0.2, -0.15) is 4.31 Å². The predicted molar refractivity (Wildman–Crippen MR) is 69.6 cm³/mol. The van der Waals surface area contributed by atoms with Crippen LogP contribution in [0.15, 0.2) is 5.16 Å². The van der Waals surface area contributed by atoms with Gasteiger partial charge in [-0.25, -0.2) is 8.42 Å². The van der Waals surface area contributed by atoms with Crippen molar-refractivity contribution in [2.75, 3.05) is 32.1 Å². The molecule has 9 heteroatoms. The molecular formula is C10H21N3O5S. The minimum absolute atomic E-state index is 0.00944. The highest BCUT2D eigenvalue weighted by atomic mass is 32.2. The summed E-state index contributed by atoms with van der Waals surface area (Å²) in [6.45, 7) is 4.36. The summed E-state index contributed by atoms with van der Waals surface area (Å²) in [6, 6.07) is 0. The van der Waals surface area contributed by atoms with Gasteiger partial charge >= 0.3 is 0 Å². The van der Waals surface area contributed by atoms with E-state index in [0.717, 1.165) is 0 Å². The standard InChI is InChI=1S/C10H21N3O5S/c1-8(2)17-5-6-19(15,16)13-3-4-18-9(7-13)10(11)12-14/h8-9,14H,3-7H2,1-2H3,(H2,11,12). The van der Waals surface area contributed by atoms with Crippen LogP contribution >= 0.6 is 0 Å². The molecule has 19 heavy (non-hydrogen) atoms. The van der Waals surface area contributed by atoms with Gasteiger partial charge < -0.3 is 20.4 Å². The van der Waals surface area contributed by atoms with E-state index in [0.29, 0.717) is 0 Å². The number of sulfonamides is 1. The molecule has 0 bridgehead atoms. The van der Waals surface area contributed by atoms with Crippen LogP contribution in [0.4, 0.5) is 0 Å². The van der Waals surface area contributed by atoms with Crippen molar-refractivity contribution in [2.45, 2.75) is 26.1 Å². The minimum Gasteiger partial charge on any atom is -0.409 e. The molecule has 0 aromatic heterocycles. The summed E-state index contributed by atoms with van der Waals surface area (Å²) in [5, 5.41) is 11.4. The van der Waals surface area contributed by atoms with Crippen molar-refractivity contribution in [1.82, 2.24) is 4.31 Å². The Morgan fingerprint density at radius 3 is 2.89 bits per heavy atom. The lowest BCUT2D eigenvalue weighted by molar-refractivity contribution is 0.0347. The zero-order chi connectivity index (χ0) is 14.5. The first-order valence-electron chi connectivity index (χ1n) is 6.05. The first-order valence-corrected chi connectivity index (χ1v) is 7.66. The number of hydrogen-bond donors (Lipinski definition) is 2. The van der Waals surface area contributed by atoms with E-state index in [1.165, 1.54) is 4.31 Å². The van der Waals surface area contributed by atoms with Gasteiger partial charge in [0, 0.05) is 13.1 Å². The van der Waals surface area contributed by atoms with Crippen molar-refractivity contribution in [1.29, 1.82) is 0 Å². The Balaban J connectivity index is 2.58. The van der Waals surface area contributed by atoms with Gasteiger partial charge in [-0.3, -0.25) is 0 Å². The third-order valence-corrected chi connectivity index (χ3v) is 4.46. The van der Waals surface area contributed by atoms with E-state index in [1.807, 2.05) is 13.8 Å². The van der Waals surface area contributed by atoms with Crippen LogP contribution in [-0.4, -0.2) is 68.0 Å². The maximum atomic E-state index is 12.1. The highest BCUT2D eigenvalue weighted by molar-refractivity contribution is 7.89. The number of ether oxygens (including phenoxy) is 2. The molecule has 1 aliphatic heterocycles. The van der Waals surface area contributed by atoms with Crippen LogP contribution in [0.2, 0.25) is 0 Å². The quantitative estimate of drug-likeness (QED) is 0.287. The maximum absolute atomic E-state index is 12.1. The van der Waals surface area contributed by atoms with Gasteiger partial charge in [-0.15, -0.1) is 0 Å². The van der Waals surface area contributed by atoms with Crippen molar-refractivity contribution in [3.05, 3.63) is 0 Å². The molecule has 3 N–H and O–H groups in total. The van der Waals surface area contributed by atoms with Gasteiger partial charge in [0.05, 0.1) is 25.1 Å². The summed E-state index contributed by atoms with van der Waals surface area (Å²) in [5.41, 5.74) is 5.42. The van der Waals surface area contributed by atoms with Crippen LogP contribution < -0.4 is 5.73 Å². The molecule has 1 heterocycles. The molecule has 0 amide bonds. The van der Waals surface area contributed by atoms with E-state index in [4.69, 9.17) is 20.4 Å². The molecule has 0 aliphatic carbocycles. The van der Waals surface area contributed by atoms with Gasteiger partial charge in [0.25, 0.3) is 0 Å². The molecule has 1 aliphatic rings. The van der Waals surface area contributed by atoms with E-state index >= 15 is 0 Å². The van der Waals surface area contributed by atoms with Crippen LogP contribution in [0.3, 0.4) is 0 Å². The monoisotopic (exact) mass is 295 g/mol. The normalized spacial score (nSPS) is 22.9. The van der Waals surface area contributed by atoms with Crippen molar-refractivity contribution in [3.63, 3.8) is 0 Å². The van der Waals surface area contributed by atoms with Crippen LogP contribution in [0.1, 0.15) is 13.8 Å². The lowest BCUT2D eigenvalue weighted by atomic mass is 10.3. The zero-order valence-corrected chi connectivity index (χ0v) is 12.0. The number of hydrogen-bond acceptors (Lipinski definition) is 6. The number of amidine groups is 1. The molecule has 1 saturated heterocycles. The van der Waals surface area contributed by atoms with Crippen molar-refractivity contribution in [3.8, 4) is 0 Å². The van der Waals surface area contributed by atoms with E-state index in [1.54, 1.807) is 0 Å². The SMILES string of the molecule is CC(C)OCCS(=O)(=O)N1CCOC(C(N)=NO)C1. The molecule has 8 nitrogen and oxygen atoms in total. The van der Waals surface area contributed by atoms with Gasteiger partial charge in [0.2, 0.25) is 10.0 Å². The third-order valence-electron chi connectivity index (χ3n) is 2.66. The maximum Gasteiger partial charge on any atom is 0.216 e. The van der Waals surface area contributed by atoms with Gasteiger partial charge in [-0.1, -0.05) is 5.16 Å². The van der Waals surface area contributed by atoms with Crippen LogP contribution in [-0.2, 0) is 19.5 Å². The largest absolute Gasteiger partial charge is 0.409 e. The predicted octanol–water partition coefficient (Wildman–Crippen LogP) is -0.812. The van der Waals surface area contributed by atoms with Crippen LogP contribution in [0, 0.1) is 0 Å². The highest BCUT2D eigenvalue weighted by Crippen LogP contribution is 2.11. The Labute approximate surface area is 113 Å². The Morgan fingerprint density at radius 2 is 2.32 bits per heavy atom. The summed E-state index contributed by atoms with van der Waals surface area (Å²) in [6.07, 6.45) is -0.718. The van der Waals surface area contributed by atoms with Gasteiger partial charge in [0.15, 0.2) is 5.84 Å². The topological polar surface area (TPSA) is 114 Å². The number of rotatable bonds is 6.